The van der Waals surface area contributed by atoms with Crippen molar-refractivity contribution >= 4 is 5.69 Å². The van der Waals surface area contributed by atoms with Gasteiger partial charge in [0.25, 0.3) is 5.69 Å². The molecule has 0 amide bonds. The SMILES string of the molecule is COc1ccc([N+](=O)[O-])cc1Oc1ccc(CN)cc1F. The molecule has 6 nitrogen and oxygen atoms in total. The van der Waals surface area contributed by atoms with Crippen LogP contribution in [0, 0.1) is 15.9 Å². The van der Waals surface area contributed by atoms with Crippen LogP contribution < -0.4 is 15.2 Å². The fraction of sp³-hybridized carbons (Fsp3) is 0.143. The molecule has 0 spiro atoms. The van der Waals surface area contributed by atoms with E-state index in [9.17, 15) is 14.5 Å². The molecule has 7 heteroatoms. The molecule has 2 aromatic carbocycles. The van der Waals surface area contributed by atoms with Crippen LogP contribution in [0.4, 0.5) is 10.1 Å². The molecule has 0 atom stereocenters. The minimum absolute atomic E-state index is 0.0612. The predicted octanol–water partition coefficient (Wildman–Crippen LogP) is 2.99. The van der Waals surface area contributed by atoms with E-state index in [-0.39, 0.29) is 29.5 Å². The Labute approximate surface area is 120 Å². The fourth-order valence-corrected chi connectivity index (χ4v) is 1.73. The number of halogens is 1. The maximum atomic E-state index is 13.9. The highest BCUT2D eigenvalue weighted by atomic mass is 19.1. The number of hydrogen-bond donors (Lipinski definition) is 1. The van der Waals surface area contributed by atoms with Crippen LogP contribution in [0.1, 0.15) is 5.56 Å². The third-order valence-corrected chi connectivity index (χ3v) is 2.81. The molecule has 0 fully saturated rings. The lowest BCUT2D eigenvalue weighted by molar-refractivity contribution is -0.384. The Morgan fingerprint density at radius 3 is 2.48 bits per heavy atom. The topological polar surface area (TPSA) is 87.6 Å². The molecule has 0 saturated carbocycles. The van der Waals surface area contributed by atoms with Crippen LogP contribution in [0.5, 0.6) is 17.2 Å². The zero-order valence-corrected chi connectivity index (χ0v) is 11.2. The van der Waals surface area contributed by atoms with Gasteiger partial charge >= 0.3 is 0 Å². The Balaban J connectivity index is 2.38. The molecule has 2 aromatic rings. The molecule has 0 aliphatic heterocycles. The summed E-state index contributed by atoms with van der Waals surface area (Å²) in [6.07, 6.45) is 0. The minimum Gasteiger partial charge on any atom is -0.493 e. The van der Waals surface area contributed by atoms with Gasteiger partial charge in [0.15, 0.2) is 23.1 Å². The third-order valence-electron chi connectivity index (χ3n) is 2.81. The normalized spacial score (nSPS) is 10.2. The number of nitrogens with zero attached hydrogens (tertiary/aromatic N) is 1. The van der Waals surface area contributed by atoms with Gasteiger partial charge in [-0.3, -0.25) is 10.1 Å². The molecule has 21 heavy (non-hydrogen) atoms. The summed E-state index contributed by atoms with van der Waals surface area (Å²) in [7, 11) is 1.39. The van der Waals surface area contributed by atoms with Gasteiger partial charge < -0.3 is 15.2 Å². The second-order valence-corrected chi connectivity index (χ2v) is 4.16. The molecule has 0 radical (unpaired) electrons. The first-order chi connectivity index (χ1) is 10.0. The largest absolute Gasteiger partial charge is 0.493 e. The van der Waals surface area contributed by atoms with Crippen molar-refractivity contribution in [2.75, 3.05) is 7.11 Å². The van der Waals surface area contributed by atoms with E-state index in [1.165, 1.54) is 37.4 Å². The van der Waals surface area contributed by atoms with Crippen LogP contribution >= 0.6 is 0 Å². The average molecular weight is 292 g/mol. The van der Waals surface area contributed by atoms with E-state index in [0.29, 0.717) is 5.56 Å². The fourth-order valence-electron chi connectivity index (χ4n) is 1.73. The highest BCUT2D eigenvalue weighted by molar-refractivity contribution is 5.50. The second kappa shape index (κ2) is 6.19. The van der Waals surface area contributed by atoms with Crippen molar-refractivity contribution in [3.05, 3.63) is 57.9 Å². The summed E-state index contributed by atoms with van der Waals surface area (Å²) < 4.78 is 24.3. The summed E-state index contributed by atoms with van der Waals surface area (Å²) >= 11 is 0. The molecule has 0 aromatic heterocycles. The van der Waals surface area contributed by atoms with Gasteiger partial charge in [0.2, 0.25) is 0 Å². The summed E-state index contributed by atoms with van der Waals surface area (Å²) in [6.45, 7) is 0.206. The minimum atomic E-state index is -0.605. The lowest BCUT2D eigenvalue weighted by Crippen LogP contribution is -1.98. The maximum absolute atomic E-state index is 13.9. The zero-order chi connectivity index (χ0) is 15.4. The van der Waals surface area contributed by atoms with Crippen LogP contribution in [-0.2, 0) is 6.54 Å². The Hall–Kier alpha value is -2.67. The van der Waals surface area contributed by atoms with E-state index in [1.54, 1.807) is 6.07 Å². The van der Waals surface area contributed by atoms with Crippen molar-refractivity contribution in [3.63, 3.8) is 0 Å². The molecular weight excluding hydrogens is 279 g/mol. The van der Waals surface area contributed by atoms with Gasteiger partial charge in [-0.2, -0.15) is 0 Å². The summed E-state index contributed by atoms with van der Waals surface area (Å²) in [5.74, 6) is -0.341. The van der Waals surface area contributed by atoms with Gasteiger partial charge in [0, 0.05) is 12.6 Å². The number of non-ortho nitro benzene ring substituents is 1. The Morgan fingerprint density at radius 2 is 1.90 bits per heavy atom. The first-order valence-corrected chi connectivity index (χ1v) is 6.04. The molecule has 0 aliphatic carbocycles. The smallest absolute Gasteiger partial charge is 0.273 e. The first-order valence-electron chi connectivity index (χ1n) is 6.04. The van der Waals surface area contributed by atoms with Gasteiger partial charge in [-0.15, -0.1) is 0 Å². The highest BCUT2D eigenvalue weighted by Gasteiger charge is 2.15. The molecule has 2 rings (SSSR count). The van der Waals surface area contributed by atoms with E-state index in [0.717, 1.165) is 0 Å². The van der Waals surface area contributed by atoms with E-state index in [4.69, 9.17) is 15.2 Å². The van der Waals surface area contributed by atoms with Gasteiger partial charge in [-0.25, -0.2) is 4.39 Å². The molecule has 0 heterocycles. The predicted molar refractivity (Wildman–Crippen MR) is 74.0 cm³/mol. The summed E-state index contributed by atoms with van der Waals surface area (Å²) in [5.41, 5.74) is 5.86. The maximum Gasteiger partial charge on any atom is 0.273 e. The van der Waals surface area contributed by atoms with Crippen molar-refractivity contribution in [2.24, 2.45) is 5.73 Å². The quantitative estimate of drug-likeness (QED) is 0.676. The standard InChI is InChI=1S/C14H13FN2O4/c1-20-13-5-3-10(17(18)19)7-14(13)21-12-4-2-9(8-16)6-11(12)15/h2-7H,8,16H2,1H3. The molecule has 0 unspecified atom stereocenters. The monoisotopic (exact) mass is 292 g/mol. The first kappa shape index (κ1) is 14.7. The zero-order valence-electron chi connectivity index (χ0n) is 11.2. The molecule has 110 valence electrons. The Morgan fingerprint density at radius 1 is 1.19 bits per heavy atom. The highest BCUT2D eigenvalue weighted by Crippen LogP contribution is 2.35. The third kappa shape index (κ3) is 3.26. The van der Waals surface area contributed by atoms with Crippen molar-refractivity contribution in [2.45, 2.75) is 6.54 Å². The number of benzene rings is 2. The second-order valence-electron chi connectivity index (χ2n) is 4.16. The molecule has 0 bridgehead atoms. The van der Waals surface area contributed by atoms with Crippen LogP contribution in [0.3, 0.4) is 0 Å². The summed E-state index contributed by atoms with van der Waals surface area (Å²) in [5, 5.41) is 10.8. The number of ether oxygens (including phenoxy) is 2. The van der Waals surface area contributed by atoms with Crippen molar-refractivity contribution < 1.29 is 18.8 Å². The lowest BCUT2D eigenvalue weighted by atomic mass is 10.2. The average Bonchev–Trinajstić information content (AvgIpc) is 2.49. The molecule has 0 saturated heterocycles. The molecular formula is C14H13FN2O4. The van der Waals surface area contributed by atoms with E-state index in [2.05, 4.69) is 0 Å². The van der Waals surface area contributed by atoms with Crippen molar-refractivity contribution in [3.8, 4) is 17.2 Å². The van der Waals surface area contributed by atoms with E-state index >= 15 is 0 Å². The van der Waals surface area contributed by atoms with Crippen molar-refractivity contribution in [1.29, 1.82) is 0 Å². The van der Waals surface area contributed by atoms with E-state index in [1.807, 2.05) is 0 Å². The van der Waals surface area contributed by atoms with Crippen LogP contribution in [0.2, 0.25) is 0 Å². The number of nitro groups is 1. The van der Waals surface area contributed by atoms with Gasteiger partial charge in [-0.1, -0.05) is 6.07 Å². The van der Waals surface area contributed by atoms with Gasteiger partial charge in [0.1, 0.15) is 0 Å². The summed E-state index contributed by atoms with van der Waals surface area (Å²) in [6, 6.07) is 8.12. The van der Waals surface area contributed by atoms with Crippen molar-refractivity contribution in [1.82, 2.24) is 0 Å². The number of nitrogens with two attached hydrogens (primary N) is 1. The van der Waals surface area contributed by atoms with Gasteiger partial charge in [0.05, 0.1) is 18.1 Å². The summed E-state index contributed by atoms with van der Waals surface area (Å²) in [4.78, 5) is 10.2. The van der Waals surface area contributed by atoms with Crippen LogP contribution in [-0.4, -0.2) is 12.0 Å². The van der Waals surface area contributed by atoms with Crippen LogP contribution in [0.15, 0.2) is 36.4 Å². The molecule has 0 aliphatic rings. The number of methoxy groups -OCH3 is 1. The van der Waals surface area contributed by atoms with Crippen LogP contribution in [0.25, 0.3) is 0 Å². The number of hydrogen-bond acceptors (Lipinski definition) is 5. The van der Waals surface area contributed by atoms with Gasteiger partial charge in [-0.05, 0) is 23.8 Å². The number of rotatable bonds is 5. The lowest BCUT2D eigenvalue weighted by Gasteiger charge is -2.11. The molecule has 2 N–H and O–H groups in total. The number of nitro benzene ring substituents is 1. The Bertz CT molecular complexity index is 676. The van der Waals surface area contributed by atoms with E-state index < -0.39 is 10.7 Å². The Kier molecular flexibility index (Phi) is 4.34.